The van der Waals surface area contributed by atoms with E-state index in [4.69, 9.17) is 70.6 Å². The Hall–Kier alpha value is -3.88. The molecular weight excluding hydrogens is 1020 g/mol. The average molecular weight is 1070 g/mol. The summed E-state index contributed by atoms with van der Waals surface area (Å²) in [6, 6.07) is 17.0. The zero-order chi connectivity index (χ0) is 48.2. The fourth-order valence-electron chi connectivity index (χ4n) is 7.97. The molecule has 2 aliphatic heterocycles. The Bertz CT molecular complexity index is 2910. The molecule has 6 aromatic rings. The molecular formula is C46H50Cl4N6O7S4. The van der Waals surface area contributed by atoms with Gasteiger partial charge >= 0.3 is 0 Å². The lowest BCUT2D eigenvalue weighted by Crippen LogP contribution is -2.48. The van der Waals surface area contributed by atoms with Crippen molar-refractivity contribution in [2.24, 2.45) is 0 Å². The number of ether oxygens (including phenoxy) is 3. The standard InChI is InChI=1S/C23H25Cl2N3O5S2.C23H25Cl2N3O2S2/c1-31-20-11-15(12-21(32-2)22(20)33-3)10-16-14-34-23(26-16)27-6-8-28(9-7-27)35(29,30)17-4-5-18(24)19(25)13-17;1-15-10-16(2)20(17(3)11-15)12-18-14-31-23(26-18)27-6-8-28(9-7-27)32(29,30)19-4-5-21(24)22(25)13-19/h4-5,11-14H,6-10H2,1-3H3;4-5,10-11,13-14H,6-9,12H2,1-3H3. The molecule has 67 heavy (non-hydrogen) atoms. The van der Waals surface area contributed by atoms with Gasteiger partial charge in [-0.1, -0.05) is 64.1 Å². The van der Waals surface area contributed by atoms with Crippen molar-refractivity contribution in [3.05, 3.63) is 131 Å². The monoisotopic (exact) mass is 1070 g/mol. The summed E-state index contributed by atoms with van der Waals surface area (Å²) < 4.78 is 71.2. The van der Waals surface area contributed by atoms with E-state index >= 15 is 0 Å². The maximum Gasteiger partial charge on any atom is 0.243 e. The van der Waals surface area contributed by atoms with Crippen LogP contribution in [-0.2, 0) is 32.9 Å². The smallest absolute Gasteiger partial charge is 0.243 e. The average Bonchev–Trinajstić information content (AvgIpc) is 3.99. The third-order valence-corrected chi connectivity index (χ3v) is 18.6. The maximum absolute atomic E-state index is 13.0. The van der Waals surface area contributed by atoms with Gasteiger partial charge in [-0.15, -0.1) is 22.7 Å². The highest BCUT2D eigenvalue weighted by molar-refractivity contribution is 7.89. The van der Waals surface area contributed by atoms with Gasteiger partial charge < -0.3 is 24.0 Å². The van der Waals surface area contributed by atoms with Crippen molar-refractivity contribution in [2.45, 2.75) is 43.4 Å². The number of sulfonamides is 2. The van der Waals surface area contributed by atoms with E-state index in [1.54, 1.807) is 32.7 Å². The van der Waals surface area contributed by atoms with Crippen molar-refractivity contribution in [3.8, 4) is 17.2 Å². The number of benzene rings is 4. The summed E-state index contributed by atoms with van der Waals surface area (Å²) >= 11 is 27.1. The highest BCUT2D eigenvalue weighted by atomic mass is 35.5. The number of halogens is 4. The van der Waals surface area contributed by atoms with Crippen molar-refractivity contribution in [1.82, 2.24) is 18.6 Å². The second kappa shape index (κ2) is 21.8. The molecule has 0 amide bonds. The molecule has 13 nitrogen and oxygen atoms in total. The van der Waals surface area contributed by atoms with Crippen LogP contribution in [0, 0.1) is 20.8 Å². The van der Waals surface area contributed by atoms with Gasteiger partial charge in [0.25, 0.3) is 0 Å². The van der Waals surface area contributed by atoms with Gasteiger partial charge in [0.2, 0.25) is 25.8 Å². The fourth-order valence-corrected chi connectivity index (χ4v) is 13.4. The summed E-state index contributed by atoms with van der Waals surface area (Å²) in [4.78, 5) is 14.2. The number of aromatic nitrogens is 2. The molecule has 0 N–H and O–H groups in total. The fraction of sp³-hybridized carbons (Fsp3) is 0.348. The van der Waals surface area contributed by atoms with E-state index in [0.717, 1.165) is 33.6 Å². The maximum atomic E-state index is 13.0. The van der Waals surface area contributed by atoms with Crippen LogP contribution in [0.1, 0.15) is 39.2 Å². The third kappa shape index (κ3) is 11.8. The van der Waals surface area contributed by atoms with Crippen LogP contribution in [0.3, 0.4) is 0 Å². The van der Waals surface area contributed by atoms with Crippen molar-refractivity contribution in [3.63, 3.8) is 0 Å². The Morgan fingerprint density at radius 1 is 0.552 bits per heavy atom. The van der Waals surface area contributed by atoms with Gasteiger partial charge in [-0.05, 0) is 91.6 Å². The van der Waals surface area contributed by atoms with E-state index in [0.29, 0.717) is 86.1 Å². The molecule has 358 valence electrons. The first-order valence-electron chi connectivity index (χ1n) is 21.1. The van der Waals surface area contributed by atoms with Gasteiger partial charge in [-0.2, -0.15) is 8.61 Å². The van der Waals surface area contributed by atoms with E-state index in [1.165, 1.54) is 78.6 Å². The van der Waals surface area contributed by atoms with Crippen molar-refractivity contribution >= 4 is 99.4 Å². The van der Waals surface area contributed by atoms with Crippen LogP contribution in [0.15, 0.2) is 81.2 Å². The highest BCUT2D eigenvalue weighted by Gasteiger charge is 2.31. The zero-order valence-corrected chi connectivity index (χ0v) is 44.0. The minimum absolute atomic E-state index is 0.141. The molecule has 2 aromatic heterocycles. The van der Waals surface area contributed by atoms with Gasteiger partial charge in [0, 0.05) is 76.0 Å². The van der Waals surface area contributed by atoms with E-state index < -0.39 is 20.0 Å². The molecule has 2 fully saturated rings. The summed E-state index contributed by atoms with van der Waals surface area (Å²) in [5, 5.41) is 7.03. The van der Waals surface area contributed by atoms with Crippen LogP contribution in [0.5, 0.6) is 17.2 Å². The summed E-state index contributed by atoms with van der Waals surface area (Å²) in [5.74, 6) is 1.74. The molecule has 0 unspecified atom stereocenters. The molecule has 21 heteroatoms. The van der Waals surface area contributed by atoms with Crippen molar-refractivity contribution in [2.75, 3.05) is 83.5 Å². The van der Waals surface area contributed by atoms with E-state index in [9.17, 15) is 16.8 Å². The van der Waals surface area contributed by atoms with E-state index in [1.807, 2.05) is 17.5 Å². The minimum Gasteiger partial charge on any atom is -0.493 e. The SMILES string of the molecule is COc1cc(Cc2csc(N3CCN(S(=O)(=O)c4ccc(Cl)c(Cl)c4)CC3)n2)cc(OC)c1OC.Cc1cc(C)c(Cc2csc(N3CCN(S(=O)(=O)c4ccc(Cl)c(Cl)c4)CC3)n2)c(C)c1. The Balaban J connectivity index is 0.000000200. The Morgan fingerprint density at radius 2 is 0.970 bits per heavy atom. The lowest BCUT2D eigenvalue weighted by atomic mass is 9.96. The Morgan fingerprint density at radius 3 is 1.36 bits per heavy atom. The quantitative estimate of drug-likeness (QED) is 0.109. The molecule has 4 aromatic carbocycles. The van der Waals surface area contributed by atoms with Crippen LogP contribution in [0.4, 0.5) is 10.3 Å². The molecule has 0 atom stereocenters. The second-order valence-electron chi connectivity index (χ2n) is 15.9. The number of methoxy groups -OCH3 is 3. The van der Waals surface area contributed by atoms with Crippen molar-refractivity contribution in [1.29, 1.82) is 0 Å². The molecule has 4 heterocycles. The molecule has 0 saturated carbocycles. The molecule has 8 rings (SSSR count). The van der Waals surface area contributed by atoms with Crippen LogP contribution in [-0.4, -0.2) is 109 Å². The van der Waals surface area contributed by atoms with Gasteiger partial charge in [0.05, 0.1) is 62.6 Å². The summed E-state index contributed by atoms with van der Waals surface area (Å²) in [5.41, 5.74) is 8.11. The van der Waals surface area contributed by atoms with E-state index in [-0.39, 0.29) is 19.8 Å². The Labute approximate surface area is 420 Å². The molecule has 0 radical (unpaired) electrons. The van der Waals surface area contributed by atoms with Gasteiger partial charge in [-0.25, -0.2) is 26.8 Å². The number of nitrogens with zero attached hydrogens (tertiary/aromatic N) is 6. The topological polar surface area (TPSA) is 135 Å². The third-order valence-electron chi connectivity index (χ3n) is 11.5. The first-order valence-corrected chi connectivity index (χ1v) is 27.2. The first-order chi connectivity index (χ1) is 31.9. The number of hydrogen-bond donors (Lipinski definition) is 0. The van der Waals surface area contributed by atoms with Crippen LogP contribution in [0.25, 0.3) is 0 Å². The van der Waals surface area contributed by atoms with Crippen LogP contribution >= 0.6 is 69.1 Å². The molecule has 2 aliphatic rings. The first kappa shape index (κ1) is 51.0. The largest absolute Gasteiger partial charge is 0.493 e. The van der Waals surface area contributed by atoms with Crippen LogP contribution < -0.4 is 24.0 Å². The minimum atomic E-state index is -3.65. The number of anilines is 2. The molecule has 2 saturated heterocycles. The zero-order valence-electron chi connectivity index (χ0n) is 37.7. The van der Waals surface area contributed by atoms with Gasteiger partial charge in [-0.3, -0.25) is 0 Å². The molecule has 0 spiro atoms. The van der Waals surface area contributed by atoms with Gasteiger partial charge in [0.1, 0.15) is 0 Å². The highest BCUT2D eigenvalue weighted by Crippen LogP contribution is 2.39. The number of piperazine rings is 2. The summed E-state index contributed by atoms with van der Waals surface area (Å²) in [6.45, 7) is 10.2. The number of aryl methyl sites for hydroxylation is 3. The number of thiazole rings is 2. The predicted molar refractivity (Wildman–Crippen MR) is 271 cm³/mol. The summed E-state index contributed by atoms with van der Waals surface area (Å²) in [6.07, 6.45) is 1.40. The van der Waals surface area contributed by atoms with E-state index in [2.05, 4.69) is 48.1 Å². The van der Waals surface area contributed by atoms with Crippen LogP contribution in [0.2, 0.25) is 20.1 Å². The van der Waals surface area contributed by atoms with Gasteiger partial charge in [0.15, 0.2) is 21.8 Å². The normalized spacial score (nSPS) is 15.0. The Kier molecular flexibility index (Phi) is 16.6. The van der Waals surface area contributed by atoms with Crippen molar-refractivity contribution < 1.29 is 31.0 Å². The molecule has 0 bridgehead atoms. The predicted octanol–water partition coefficient (Wildman–Crippen LogP) is 10.1. The lowest BCUT2D eigenvalue weighted by molar-refractivity contribution is 0.324. The molecule has 0 aliphatic carbocycles. The number of hydrogen-bond acceptors (Lipinski definition) is 13. The lowest BCUT2D eigenvalue weighted by Gasteiger charge is -2.33. The second-order valence-corrected chi connectivity index (χ2v) is 23.1. The summed E-state index contributed by atoms with van der Waals surface area (Å²) in [7, 11) is -2.51. The number of rotatable bonds is 13.